The molecule has 4 nitrogen and oxygen atoms in total. The number of hydrogen-bond acceptors (Lipinski definition) is 3. The number of nitrogens with zero attached hydrogens (tertiary/aromatic N) is 1. The Balaban J connectivity index is 2.46. The molecule has 124 valence electrons. The highest BCUT2D eigenvalue weighted by atomic mass is 16.3. The number of benzene rings is 1. The van der Waals surface area contributed by atoms with Crippen LogP contribution in [-0.4, -0.2) is 42.2 Å². The number of nitrogens with one attached hydrogen (secondary N) is 1. The number of carbonyl (C=O) groups is 1. The highest BCUT2D eigenvalue weighted by Gasteiger charge is 2.27. The predicted octanol–water partition coefficient (Wildman–Crippen LogP) is 2.59. The second-order valence-corrected chi connectivity index (χ2v) is 6.99. The zero-order valence-corrected chi connectivity index (χ0v) is 14.5. The molecule has 2 atom stereocenters. The van der Waals surface area contributed by atoms with Crippen molar-refractivity contribution in [3.8, 4) is 0 Å². The maximum absolute atomic E-state index is 12.1. The molecule has 0 aromatic heterocycles. The summed E-state index contributed by atoms with van der Waals surface area (Å²) >= 11 is 0. The molecule has 0 fully saturated rings. The van der Waals surface area contributed by atoms with Crippen LogP contribution in [0.4, 0.5) is 0 Å². The van der Waals surface area contributed by atoms with Crippen LogP contribution in [0.1, 0.15) is 45.7 Å². The van der Waals surface area contributed by atoms with Crippen molar-refractivity contribution in [1.29, 1.82) is 0 Å². The van der Waals surface area contributed by atoms with Crippen molar-refractivity contribution in [2.24, 2.45) is 5.41 Å². The molecule has 2 unspecified atom stereocenters. The van der Waals surface area contributed by atoms with Gasteiger partial charge in [0.15, 0.2) is 0 Å². The van der Waals surface area contributed by atoms with Crippen LogP contribution in [0.2, 0.25) is 0 Å². The molecule has 1 rings (SSSR count). The lowest BCUT2D eigenvalue weighted by Crippen LogP contribution is -2.45. The minimum atomic E-state index is -0.0166. The summed E-state index contributed by atoms with van der Waals surface area (Å²) in [7, 11) is 1.96. The Bertz CT molecular complexity index is 454. The first-order chi connectivity index (χ1) is 10.3. The van der Waals surface area contributed by atoms with Gasteiger partial charge in [0.2, 0.25) is 5.91 Å². The van der Waals surface area contributed by atoms with E-state index in [4.69, 9.17) is 0 Å². The summed E-state index contributed by atoms with van der Waals surface area (Å²) in [5.74, 6) is 0.0359. The van der Waals surface area contributed by atoms with Crippen molar-refractivity contribution in [2.75, 3.05) is 20.2 Å². The van der Waals surface area contributed by atoms with E-state index in [1.165, 1.54) is 0 Å². The molecule has 22 heavy (non-hydrogen) atoms. The molecular formula is C18H30N2O2. The largest absolute Gasteiger partial charge is 0.395 e. The van der Waals surface area contributed by atoms with E-state index in [0.717, 1.165) is 5.56 Å². The summed E-state index contributed by atoms with van der Waals surface area (Å²) in [4.78, 5) is 14.2. The van der Waals surface area contributed by atoms with Crippen molar-refractivity contribution >= 4 is 5.91 Å². The van der Waals surface area contributed by atoms with Crippen molar-refractivity contribution < 1.29 is 9.90 Å². The second kappa shape index (κ2) is 8.30. The van der Waals surface area contributed by atoms with Crippen molar-refractivity contribution in [1.82, 2.24) is 10.2 Å². The van der Waals surface area contributed by atoms with Gasteiger partial charge in [-0.15, -0.1) is 0 Å². The number of likely N-dealkylation sites (N-methyl/N-ethyl adjacent to an activating group) is 1. The number of hydrogen-bond donors (Lipinski definition) is 2. The lowest BCUT2D eigenvalue weighted by Gasteiger charge is -2.36. The van der Waals surface area contributed by atoms with Gasteiger partial charge in [-0.3, -0.25) is 4.79 Å². The lowest BCUT2D eigenvalue weighted by molar-refractivity contribution is -0.122. The Morgan fingerprint density at radius 3 is 2.36 bits per heavy atom. The molecular weight excluding hydrogens is 276 g/mol. The van der Waals surface area contributed by atoms with Crippen LogP contribution in [0.25, 0.3) is 0 Å². The molecule has 0 aliphatic heterocycles. The first kappa shape index (κ1) is 18.7. The molecule has 0 radical (unpaired) electrons. The van der Waals surface area contributed by atoms with Crippen molar-refractivity contribution in [3.05, 3.63) is 35.9 Å². The number of rotatable bonds is 7. The number of carbonyl (C=O) groups excluding carboxylic acids is 1. The van der Waals surface area contributed by atoms with Crippen LogP contribution in [0, 0.1) is 5.41 Å². The molecule has 1 aromatic rings. The Labute approximate surface area is 134 Å². The first-order valence-corrected chi connectivity index (χ1v) is 7.91. The quantitative estimate of drug-likeness (QED) is 0.814. The van der Waals surface area contributed by atoms with E-state index >= 15 is 0 Å². The second-order valence-electron chi connectivity index (χ2n) is 6.99. The van der Waals surface area contributed by atoms with Crippen molar-refractivity contribution in [3.63, 3.8) is 0 Å². The van der Waals surface area contributed by atoms with Gasteiger partial charge < -0.3 is 15.3 Å². The van der Waals surface area contributed by atoms with Gasteiger partial charge in [-0.25, -0.2) is 0 Å². The molecule has 0 heterocycles. The zero-order chi connectivity index (χ0) is 16.8. The Morgan fingerprint density at radius 2 is 1.86 bits per heavy atom. The van der Waals surface area contributed by atoms with Crippen LogP contribution >= 0.6 is 0 Å². The van der Waals surface area contributed by atoms with E-state index in [1.807, 2.05) is 44.3 Å². The average molecular weight is 306 g/mol. The monoisotopic (exact) mass is 306 g/mol. The summed E-state index contributed by atoms with van der Waals surface area (Å²) < 4.78 is 0. The van der Waals surface area contributed by atoms with Crippen LogP contribution in [0.15, 0.2) is 30.3 Å². The Hall–Kier alpha value is -1.39. The van der Waals surface area contributed by atoms with Crippen LogP contribution in [0.5, 0.6) is 0 Å². The van der Waals surface area contributed by atoms with Gasteiger partial charge in [-0.1, -0.05) is 51.1 Å². The minimum absolute atomic E-state index is 0.00950. The number of amides is 1. The van der Waals surface area contributed by atoms with Gasteiger partial charge in [0.1, 0.15) is 0 Å². The van der Waals surface area contributed by atoms with Crippen molar-refractivity contribution in [2.45, 2.75) is 46.2 Å². The molecule has 0 spiro atoms. The molecule has 1 amide bonds. The minimum Gasteiger partial charge on any atom is -0.395 e. The van der Waals surface area contributed by atoms with Gasteiger partial charge >= 0.3 is 0 Å². The van der Waals surface area contributed by atoms with E-state index in [0.29, 0.717) is 13.0 Å². The average Bonchev–Trinajstić information content (AvgIpc) is 2.45. The summed E-state index contributed by atoms with van der Waals surface area (Å²) in [5, 5.41) is 12.6. The van der Waals surface area contributed by atoms with Gasteiger partial charge in [-0.05, 0) is 24.9 Å². The van der Waals surface area contributed by atoms with Gasteiger partial charge in [0.05, 0.1) is 12.6 Å². The molecule has 0 aliphatic rings. The van der Waals surface area contributed by atoms with Crippen LogP contribution < -0.4 is 5.32 Å². The third-order valence-electron chi connectivity index (χ3n) is 4.07. The number of aliphatic hydroxyl groups excluding tert-OH is 1. The fraction of sp³-hybridized carbons (Fsp3) is 0.611. The molecule has 0 bridgehead atoms. The molecule has 1 aromatic carbocycles. The van der Waals surface area contributed by atoms with E-state index in [2.05, 4.69) is 31.0 Å². The SMILES string of the molecule is CC(NC(=O)CCN(C)C(CO)C(C)(C)C)c1ccccc1. The summed E-state index contributed by atoms with van der Waals surface area (Å²) in [6.07, 6.45) is 0.431. The topological polar surface area (TPSA) is 52.6 Å². The Morgan fingerprint density at radius 1 is 1.27 bits per heavy atom. The zero-order valence-electron chi connectivity index (χ0n) is 14.5. The van der Waals surface area contributed by atoms with Crippen LogP contribution in [0.3, 0.4) is 0 Å². The fourth-order valence-electron chi connectivity index (χ4n) is 2.65. The third kappa shape index (κ3) is 5.78. The highest BCUT2D eigenvalue weighted by Crippen LogP contribution is 2.23. The highest BCUT2D eigenvalue weighted by molar-refractivity contribution is 5.76. The third-order valence-corrected chi connectivity index (χ3v) is 4.07. The normalized spacial score (nSPS) is 14.7. The van der Waals surface area contributed by atoms with E-state index in [9.17, 15) is 9.90 Å². The van der Waals surface area contributed by atoms with E-state index < -0.39 is 0 Å². The Kier molecular flexibility index (Phi) is 7.04. The molecule has 0 aliphatic carbocycles. The maximum Gasteiger partial charge on any atom is 0.221 e. The smallest absolute Gasteiger partial charge is 0.221 e. The van der Waals surface area contributed by atoms with E-state index in [1.54, 1.807) is 0 Å². The summed E-state index contributed by atoms with van der Waals surface area (Å²) in [5.41, 5.74) is 1.09. The molecule has 0 saturated heterocycles. The summed E-state index contributed by atoms with van der Waals surface area (Å²) in [6.45, 7) is 9.02. The van der Waals surface area contributed by atoms with Gasteiger partial charge in [-0.2, -0.15) is 0 Å². The standard InChI is InChI=1S/C18H30N2O2/c1-14(15-9-7-6-8-10-15)19-17(22)11-12-20(5)16(13-21)18(2,3)4/h6-10,14,16,21H,11-13H2,1-5H3,(H,19,22). The first-order valence-electron chi connectivity index (χ1n) is 7.91. The predicted molar refractivity (Wildman–Crippen MR) is 90.6 cm³/mol. The maximum atomic E-state index is 12.1. The van der Waals surface area contributed by atoms with Crippen LogP contribution in [-0.2, 0) is 4.79 Å². The fourth-order valence-corrected chi connectivity index (χ4v) is 2.65. The summed E-state index contributed by atoms with van der Waals surface area (Å²) in [6, 6.07) is 10.00. The number of aliphatic hydroxyl groups is 1. The van der Waals surface area contributed by atoms with Gasteiger partial charge in [0.25, 0.3) is 0 Å². The molecule has 4 heteroatoms. The molecule has 0 saturated carbocycles. The molecule has 2 N–H and O–H groups in total. The van der Waals surface area contributed by atoms with Gasteiger partial charge in [0, 0.05) is 19.0 Å². The lowest BCUT2D eigenvalue weighted by atomic mass is 9.86. The van der Waals surface area contributed by atoms with E-state index in [-0.39, 0.29) is 30.0 Å².